The van der Waals surface area contributed by atoms with Crippen LogP contribution in [0.15, 0.2) is 53.1 Å². The van der Waals surface area contributed by atoms with Crippen LogP contribution in [-0.4, -0.2) is 23.6 Å². The van der Waals surface area contributed by atoms with Crippen LogP contribution in [0.3, 0.4) is 0 Å². The van der Waals surface area contributed by atoms with Crippen molar-refractivity contribution in [3.8, 4) is 11.3 Å². The normalized spacial score (nSPS) is 10.5. The molecule has 6 heteroatoms. The van der Waals surface area contributed by atoms with Gasteiger partial charge in [-0.05, 0) is 44.0 Å². The van der Waals surface area contributed by atoms with Crippen LogP contribution in [0, 0.1) is 20.8 Å². The highest BCUT2D eigenvalue weighted by atomic mass is 16.5. The molecular weight excluding hydrogens is 344 g/mol. The molecule has 27 heavy (non-hydrogen) atoms. The Morgan fingerprint density at radius 3 is 2.37 bits per heavy atom. The number of carbonyl (C=O) groups excluding carboxylic acids is 2. The van der Waals surface area contributed by atoms with E-state index in [0.717, 1.165) is 16.7 Å². The molecule has 1 N–H and O–H groups in total. The maximum absolute atomic E-state index is 12.5. The lowest BCUT2D eigenvalue weighted by atomic mass is 10.1. The molecule has 0 saturated carbocycles. The quantitative estimate of drug-likeness (QED) is 0.691. The molecule has 0 fully saturated rings. The van der Waals surface area contributed by atoms with Crippen molar-refractivity contribution >= 4 is 17.6 Å². The predicted octanol–water partition coefficient (Wildman–Crippen LogP) is 4.06. The van der Waals surface area contributed by atoms with Gasteiger partial charge >= 0.3 is 5.97 Å². The first-order chi connectivity index (χ1) is 12.9. The standard InChI is InChI=1S/C21H20N2O4/c1-13-9-14(2)11-17(10-13)22-18(24)12-26-21(25)19-15(3)27-23-20(19)16-7-5-4-6-8-16/h4-11H,12H2,1-3H3,(H,22,24). The molecule has 138 valence electrons. The van der Waals surface area contributed by atoms with Crippen molar-refractivity contribution in [2.75, 3.05) is 11.9 Å². The lowest BCUT2D eigenvalue weighted by Crippen LogP contribution is -2.21. The van der Waals surface area contributed by atoms with E-state index >= 15 is 0 Å². The lowest BCUT2D eigenvalue weighted by molar-refractivity contribution is -0.119. The van der Waals surface area contributed by atoms with Crippen LogP contribution in [0.25, 0.3) is 11.3 Å². The Labute approximate surface area is 157 Å². The van der Waals surface area contributed by atoms with Gasteiger partial charge < -0.3 is 14.6 Å². The topological polar surface area (TPSA) is 81.4 Å². The van der Waals surface area contributed by atoms with Crippen molar-refractivity contribution in [1.82, 2.24) is 5.16 Å². The van der Waals surface area contributed by atoms with Gasteiger partial charge in [-0.15, -0.1) is 0 Å². The number of nitrogens with zero attached hydrogens (tertiary/aromatic N) is 1. The molecule has 6 nitrogen and oxygen atoms in total. The van der Waals surface area contributed by atoms with E-state index in [9.17, 15) is 9.59 Å². The number of esters is 1. The van der Waals surface area contributed by atoms with Crippen molar-refractivity contribution in [3.05, 3.63) is 71.0 Å². The molecule has 0 saturated heterocycles. The van der Waals surface area contributed by atoms with E-state index in [0.29, 0.717) is 17.1 Å². The number of carbonyl (C=O) groups is 2. The highest BCUT2D eigenvalue weighted by Crippen LogP contribution is 2.25. The molecule has 1 aromatic heterocycles. The molecule has 3 aromatic rings. The molecule has 0 aliphatic rings. The lowest BCUT2D eigenvalue weighted by Gasteiger charge is -2.08. The second-order valence-corrected chi connectivity index (χ2v) is 6.33. The van der Waals surface area contributed by atoms with E-state index in [1.54, 1.807) is 6.92 Å². The van der Waals surface area contributed by atoms with Crippen molar-refractivity contribution in [2.24, 2.45) is 0 Å². The third-order valence-electron chi connectivity index (χ3n) is 3.95. The molecule has 0 radical (unpaired) electrons. The third kappa shape index (κ3) is 4.41. The fraction of sp³-hybridized carbons (Fsp3) is 0.190. The Morgan fingerprint density at radius 2 is 1.70 bits per heavy atom. The number of hydrogen-bond donors (Lipinski definition) is 1. The minimum Gasteiger partial charge on any atom is -0.452 e. The largest absolute Gasteiger partial charge is 0.452 e. The van der Waals surface area contributed by atoms with E-state index < -0.39 is 18.5 Å². The summed E-state index contributed by atoms with van der Waals surface area (Å²) in [6.07, 6.45) is 0. The zero-order valence-corrected chi connectivity index (χ0v) is 15.4. The maximum Gasteiger partial charge on any atom is 0.344 e. The molecule has 0 atom stereocenters. The minimum atomic E-state index is -0.650. The van der Waals surface area contributed by atoms with Gasteiger partial charge in [-0.1, -0.05) is 41.6 Å². The van der Waals surface area contributed by atoms with Gasteiger partial charge in [0.1, 0.15) is 17.0 Å². The highest BCUT2D eigenvalue weighted by molar-refractivity contribution is 5.99. The zero-order chi connectivity index (χ0) is 19.4. The van der Waals surface area contributed by atoms with E-state index in [4.69, 9.17) is 9.26 Å². The summed E-state index contributed by atoms with van der Waals surface area (Å²) in [7, 11) is 0. The van der Waals surface area contributed by atoms with Gasteiger partial charge in [-0.3, -0.25) is 4.79 Å². The summed E-state index contributed by atoms with van der Waals surface area (Å²) in [6, 6.07) is 14.9. The first-order valence-corrected chi connectivity index (χ1v) is 8.51. The van der Waals surface area contributed by atoms with Crippen molar-refractivity contribution in [1.29, 1.82) is 0 Å². The number of amides is 1. The molecule has 1 heterocycles. The van der Waals surface area contributed by atoms with Gasteiger partial charge in [-0.2, -0.15) is 0 Å². The van der Waals surface area contributed by atoms with E-state index in [2.05, 4.69) is 10.5 Å². The monoisotopic (exact) mass is 364 g/mol. The summed E-state index contributed by atoms with van der Waals surface area (Å²) < 4.78 is 10.3. The summed E-state index contributed by atoms with van der Waals surface area (Å²) in [4.78, 5) is 24.6. The number of benzene rings is 2. The van der Waals surface area contributed by atoms with Crippen LogP contribution in [0.1, 0.15) is 27.2 Å². The molecule has 0 unspecified atom stereocenters. The smallest absolute Gasteiger partial charge is 0.344 e. The maximum atomic E-state index is 12.5. The van der Waals surface area contributed by atoms with Crippen LogP contribution in [-0.2, 0) is 9.53 Å². The number of rotatable bonds is 5. The van der Waals surface area contributed by atoms with Crippen molar-refractivity contribution in [3.63, 3.8) is 0 Å². The van der Waals surface area contributed by atoms with Gasteiger partial charge in [0.25, 0.3) is 5.91 Å². The van der Waals surface area contributed by atoms with Gasteiger partial charge in [0.15, 0.2) is 6.61 Å². The Hall–Kier alpha value is -3.41. The number of aromatic nitrogens is 1. The summed E-state index contributed by atoms with van der Waals surface area (Å²) in [5.41, 5.74) is 4.10. The molecule has 3 rings (SSSR count). The molecule has 0 bridgehead atoms. The Kier molecular flexibility index (Phi) is 5.35. The summed E-state index contributed by atoms with van der Waals surface area (Å²) >= 11 is 0. The third-order valence-corrected chi connectivity index (χ3v) is 3.95. The van der Waals surface area contributed by atoms with Gasteiger partial charge in [0.05, 0.1) is 0 Å². The first kappa shape index (κ1) is 18.4. The van der Waals surface area contributed by atoms with Crippen LogP contribution in [0.2, 0.25) is 0 Å². The fourth-order valence-corrected chi connectivity index (χ4v) is 2.85. The minimum absolute atomic E-state index is 0.223. The Balaban J connectivity index is 1.68. The average Bonchev–Trinajstić information content (AvgIpc) is 3.01. The molecule has 2 aromatic carbocycles. The van der Waals surface area contributed by atoms with Crippen molar-refractivity contribution < 1.29 is 18.8 Å². The highest BCUT2D eigenvalue weighted by Gasteiger charge is 2.23. The second-order valence-electron chi connectivity index (χ2n) is 6.33. The molecule has 1 amide bonds. The van der Waals surface area contributed by atoms with Crippen LogP contribution in [0.4, 0.5) is 5.69 Å². The van der Waals surface area contributed by atoms with Crippen molar-refractivity contribution in [2.45, 2.75) is 20.8 Å². The average molecular weight is 364 g/mol. The number of nitrogens with one attached hydrogen (secondary N) is 1. The van der Waals surface area contributed by atoms with Crippen LogP contribution >= 0.6 is 0 Å². The Morgan fingerprint density at radius 1 is 1.04 bits per heavy atom. The number of aryl methyl sites for hydroxylation is 3. The van der Waals surface area contributed by atoms with Gasteiger partial charge in [-0.25, -0.2) is 4.79 Å². The molecular formula is C21H20N2O4. The predicted molar refractivity (Wildman–Crippen MR) is 102 cm³/mol. The molecule has 0 aliphatic carbocycles. The molecule has 0 aliphatic heterocycles. The number of hydrogen-bond acceptors (Lipinski definition) is 5. The van der Waals surface area contributed by atoms with Gasteiger partial charge in [0.2, 0.25) is 0 Å². The summed E-state index contributed by atoms with van der Waals surface area (Å²) in [5.74, 6) is -0.722. The fourth-order valence-electron chi connectivity index (χ4n) is 2.85. The summed E-state index contributed by atoms with van der Waals surface area (Å²) in [6.45, 7) is 5.13. The SMILES string of the molecule is Cc1cc(C)cc(NC(=O)COC(=O)c2c(-c3ccccc3)noc2C)c1. The van der Waals surface area contributed by atoms with E-state index in [1.807, 2.05) is 62.4 Å². The number of ether oxygens (including phenoxy) is 1. The Bertz CT molecular complexity index is 957. The number of anilines is 1. The first-order valence-electron chi connectivity index (χ1n) is 8.51. The van der Waals surface area contributed by atoms with Gasteiger partial charge in [0, 0.05) is 11.3 Å². The van der Waals surface area contributed by atoms with E-state index in [-0.39, 0.29) is 5.56 Å². The second kappa shape index (κ2) is 7.86. The van der Waals surface area contributed by atoms with E-state index in [1.165, 1.54) is 0 Å². The van der Waals surface area contributed by atoms with Crippen LogP contribution in [0.5, 0.6) is 0 Å². The zero-order valence-electron chi connectivity index (χ0n) is 15.4. The van der Waals surface area contributed by atoms with Crippen LogP contribution < -0.4 is 5.32 Å². The summed E-state index contributed by atoms with van der Waals surface area (Å²) in [5, 5.41) is 6.67. The molecule has 0 spiro atoms.